The van der Waals surface area contributed by atoms with Crippen molar-refractivity contribution in [2.24, 2.45) is 0 Å². The van der Waals surface area contributed by atoms with E-state index in [0.29, 0.717) is 23.0 Å². The summed E-state index contributed by atoms with van der Waals surface area (Å²) in [6.07, 6.45) is 0.138. The van der Waals surface area contributed by atoms with Crippen molar-refractivity contribution in [1.29, 1.82) is 0 Å². The van der Waals surface area contributed by atoms with Gasteiger partial charge in [-0.2, -0.15) is 0 Å². The van der Waals surface area contributed by atoms with Gasteiger partial charge < -0.3 is 9.15 Å². The zero-order valence-corrected chi connectivity index (χ0v) is 9.58. The van der Waals surface area contributed by atoms with Gasteiger partial charge in [-0.25, -0.2) is 0 Å². The summed E-state index contributed by atoms with van der Waals surface area (Å²) in [6.45, 7) is 2.15. The third-order valence-corrected chi connectivity index (χ3v) is 2.47. The Hall–Kier alpha value is -1.48. The lowest BCUT2D eigenvalue weighted by Gasteiger charge is -1.97. The van der Waals surface area contributed by atoms with Gasteiger partial charge in [-0.1, -0.05) is 23.7 Å². The second kappa shape index (κ2) is 4.58. The van der Waals surface area contributed by atoms with E-state index in [2.05, 4.69) is 0 Å². The van der Waals surface area contributed by atoms with Gasteiger partial charge in [0.2, 0.25) is 0 Å². The molecule has 2 aromatic rings. The molecule has 0 aliphatic carbocycles. The lowest BCUT2D eigenvalue weighted by atomic mass is 10.2. The number of benzene rings is 1. The zero-order chi connectivity index (χ0) is 11.5. The van der Waals surface area contributed by atoms with Gasteiger partial charge in [0.15, 0.2) is 5.58 Å². The van der Waals surface area contributed by atoms with Crippen LogP contribution in [0.5, 0.6) is 0 Å². The second-order valence-corrected chi connectivity index (χ2v) is 3.76. The molecule has 0 aliphatic heterocycles. The van der Waals surface area contributed by atoms with Crippen LogP contribution in [-0.2, 0) is 16.0 Å². The van der Waals surface area contributed by atoms with Crippen molar-refractivity contribution in [3.8, 4) is 0 Å². The third-order valence-electron chi connectivity index (χ3n) is 2.17. The van der Waals surface area contributed by atoms with Crippen LogP contribution in [0.15, 0.2) is 28.7 Å². The number of hydrogen-bond acceptors (Lipinski definition) is 3. The SMILES string of the molecule is CCOC(=O)Cc1cc2cccc(Cl)c2o1. The molecule has 84 valence electrons. The average molecular weight is 239 g/mol. The molecule has 4 heteroatoms. The number of carbonyl (C=O) groups is 1. The first-order valence-corrected chi connectivity index (χ1v) is 5.41. The summed E-state index contributed by atoms with van der Waals surface area (Å²) in [5.41, 5.74) is 0.614. The van der Waals surface area contributed by atoms with Crippen molar-refractivity contribution in [3.05, 3.63) is 35.0 Å². The van der Waals surface area contributed by atoms with Crippen LogP contribution >= 0.6 is 11.6 Å². The molecule has 1 aromatic heterocycles. The summed E-state index contributed by atoms with van der Waals surface area (Å²) in [7, 11) is 0. The second-order valence-electron chi connectivity index (χ2n) is 3.35. The number of halogens is 1. The van der Waals surface area contributed by atoms with Gasteiger partial charge in [-0.3, -0.25) is 4.79 Å². The van der Waals surface area contributed by atoms with E-state index in [1.54, 1.807) is 19.1 Å². The van der Waals surface area contributed by atoms with Gasteiger partial charge in [0, 0.05) is 5.39 Å². The van der Waals surface area contributed by atoms with E-state index in [1.165, 1.54) is 0 Å². The fourth-order valence-electron chi connectivity index (χ4n) is 1.52. The number of fused-ring (bicyclic) bond motifs is 1. The van der Waals surface area contributed by atoms with Gasteiger partial charge in [0.05, 0.1) is 11.6 Å². The highest BCUT2D eigenvalue weighted by atomic mass is 35.5. The zero-order valence-electron chi connectivity index (χ0n) is 8.83. The summed E-state index contributed by atoms with van der Waals surface area (Å²) >= 11 is 5.96. The van der Waals surface area contributed by atoms with Gasteiger partial charge in [-0.05, 0) is 19.1 Å². The van der Waals surface area contributed by atoms with Gasteiger partial charge in [-0.15, -0.1) is 0 Å². The summed E-state index contributed by atoms with van der Waals surface area (Å²) < 4.78 is 10.3. The number of para-hydroxylation sites is 1. The molecule has 1 heterocycles. The summed E-state index contributed by atoms with van der Waals surface area (Å²) in [4.78, 5) is 11.3. The highest BCUT2D eigenvalue weighted by Gasteiger charge is 2.10. The number of ether oxygens (including phenoxy) is 1. The minimum Gasteiger partial charge on any atom is -0.466 e. The Morgan fingerprint density at radius 2 is 2.31 bits per heavy atom. The van der Waals surface area contributed by atoms with Crippen molar-refractivity contribution >= 4 is 28.5 Å². The van der Waals surface area contributed by atoms with Gasteiger partial charge in [0.25, 0.3) is 0 Å². The molecule has 1 aromatic carbocycles. The molecule has 0 fully saturated rings. The Morgan fingerprint density at radius 1 is 1.50 bits per heavy atom. The number of carbonyl (C=O) groups excluding carboxylic acids is 1. The van der Waals surface area contributed by atoms with Crippen molar-refractivity contribution in [2.45, 2.75) is 13.3 Å². The van der Waals surface area contributed by atoms with Crippen molar-refractivity contribution < 1.29 is 13.9 Å². The molecule has 0 unspecified atom stereocenters. The van der Waals surface area contributed by atoms with Gasteiger partial charge >= 0.3 is 5.97 Å². The number of furan rings is 1. The van der Waals surface area contributed by atoms with Crippen LogP contribution < -0.4 is 0 Å². The van der Waals surface area contributed by atoms with E-state index >= 15 is 0 Å². The molecule has 16 heavy (non-hydrogen) atoms. The molecule has 0 atom stereocenters. The minimum atomic E-state index is -0.294. The van der Waals surface area contributed by atoms with Crippen LogP contribution in [0.25, 0.3) is 11.0 Å². The lowest BCUT2D eigenvalue weighted by molar-refractivity contribution is -0.142. The van der Waals surface area contributed by atoms with Crippen LogP contribution in [-0.4, -0.2) is 12.6 Å². The Bertz CT molecular complexity index is 516. The standard InChI is InChI=1S/C12H11ClO3/c1-2-15-11(14)7-9-6-8-4-3-5-10(13)12(8)16-9/h3-6H,2,7H2,1H3. The molecule has 0 radical (unpaired) electrons. The summed E-state index contributed by atoms with van der Waals surface area (Å²) in [6, 6.07) is 7.29. The maximum atomic E-state index is 11.3. The predicted octanol–water partition coefficient (Wildman–Crippen LogP) is 3.19. The van der Waals surface area contributed by atoms with Crippen LogP contribution in [0.2, 0.25) is 5.02 Å². The molecule has 2 rings (SSSR count). The first-order valence-electron chi connectivity index (χ1n) is 5.03. The van der Waals surface area contributed by atoms with Crippen LogP contribution in [0.4, 0.5) is 0 Å². The fourth-order valence-corrected chi connectivity index (χ4v) is 1.74. The number of rotatable bonds is 3. The van der Waals surface area contributed by atoms with Crippen molar-refractivity contribution in [1.82, 2.24) is 0 Å². The van der Waals surface area contributed by atoms with E-state index in [0.717, 1.165) is 5.39 Å². The normalized spacial score (nSPS) is 10.6. The molecule has 0 N–H and O–H groups in total. The number of hydrogen-bond donors (Lipinski definition) is 0. The molecule has 0 saturated heterocycles. The highest BCUT2D eigenvalue weighted by Crippen LogP contribution is 2.26. The Labute approximate surface area is 97.9 Å². The van der Waals surface area contributed by atoms with Gasteiger partial charge in [0.1, 0.15) is 12.2 Å². The molecule has 0 spiro atoms. The third kappa shape index (κ3) is 2.19. The first-order chi connectivity index (χ1) is 7.70. The first kappa shape index (κ1) is 11.0. The maximum Gasteiger partial charge on any atom is 0.313 e. The molecule has 0 amide bonds. The Balaban J connectivity index is 2.26. The van der Waals surface area contributed by atoms with Crippen molar-refractivity contribution in [2.75, 3.05) is 6.61 Å². The average Bonchev–Trinajstić information content (AvgIpc) is 2.62. The summed E-state index contributed by atoms with van der Waals surface area (Å²) in [5.74, 6) is 0.277. The van der Waals surface area contributed by atoms with E-state index in [1.807, 2.05) is 12.1 Å². The smallest absolute Gasteiger partial charge is 0.313 e. The molecule has 3 nitrogen and oxygen atoms in total. The largest absolute Gasteiger partial charge is 0.466 e. The molecule has 0 bridgehead atoms. The van der Waals surface area contributed by atoms with E-state index < -0.39 is 0 Å². The Morgan fingerprint density at radius 3 is 3.00 bits per heavy atom. The van der Waals surface area contributed by atoms with E-state index in [-0.39, 0.29) is 12.4 Å². The van der Waals surface area contributed by atoms with Crippen LogP contribution in [0, 0.1) is 0 Å². The molecule has 0 saturated carbocycles. The van der Waals surface area contributed by atoms with E-state index in [9.17, 15) is 4.79 Å². The fraction of sp³-hybridized carbons (Fsp3) is 0.250. The Kier molecular flexibility index (Phi) is 3.15. The molecular weight excluding hydrogens is 228 g/mol. The van der Waals surface area contributed by atoms with Crippen LogP contribution in [0.1, 0.15) is 12.7 Å². The monoisotopic (exact) mass is 238 g/mol. The van der Waals surface area contributed by atoms with Crippen LogP contribution in [0.3, 0.4) is 0 Å². The summed E-state index contributed by atoms with van der Waals surface area (Å²) in [5, 5.41) is 1.44. The highest BCUT2D eigenvalue weighted by molar-refractivity contribution is 6.34. The quantitative estimate of drug-likeness (QED) is 0.771. The topological polar surface area (TPSA) is 39.4 Å². The van der Waals surface area contributed by atoms with Crippen molar-refractivity contribution in [3.63, 3.8) is 0 Å². The maximum absolute atomic E-state index is 11.3. The predicted molar refractivity (Wildman–Crippen MR) is 61.6 cm³/mol. The lowest BCUT2D eigenvalue weighted by Crippen LogP contribution is -2.06. The minimum absolute atomic E-state index is 0.138. The molecular formula is C12H11ClO3. The van der Waals surface area contributed by atoms with E-state index in [4.69, 9.17) is 20.8 Å². The molecule has 0 aliphatic rings. The number of esters is 1.